The quantitative estimate of drug-likeness (QED) is 0.794. The van der Waals surface area contributed by atoms with E-state index in [0.717, 1.165) is 5.52 Å². The lowest BCUT2D eigenvalue weighted by atomic mass is 10.0. The second-order valence-electron chi connectivity index (χ2n) is 6.54. The Kier molecular flexibility index (Phi) is 6.01. The topological polar surface area (TPSA) is 60.3 Å². The second-order valence-corrected chi connectivity index (χ2v) is 6.54. The van der Waals surface area contributed by atoms with Gasteiger partial charge in [-0.25, -0.2) is 4.79 Å². The first kappa shape index (κ1) is 18.0. The molecule has 1 aromatic heterocycles. The number of fused-ring (bicyclic) bond motifs is 1. The first-order chi connectivity index (χ1) is 11.4. The average molecular weight is 330 g/mol. The number of amides is 1. The van der Waals surface area contributed by atoms with Crippen LogP contribution < -0.4 is 5.32 Å². The van der Waals surface area contributed by atoms with Crippen molar-refractivity contribution < 1.29 is 14.3 Å². The van der Waals surface area contributed by atoms with Crippen LogP contribution in [0.4, 0.5) is 0 Å². The second kappa shape index (κ2) is 7.99. The van der Waals surface area contributed by atoms with Gasteiger partial charge in [0, 0.05) is 30.1 Å². The molecule has 5 nitrogen and oxygen atoms in total. The molecule has 0 aliphatic carbocycles. The van der Waals surface area contributed by atoms with Crippen molar-refractivity contribution in [2.24, 2.45) is 5.92 Å². The van der Waals surface area contributed by atoms with Gasteiger partial charge in [0.05, 0.1) is 7.11 Å². The molecule has 0 radical (unpaired) electrons. The molecule has 130 valence electrons. The van der Waals surface area contributed by atoms with Gasteiger partial charge in [0.2, 0.25) is 5.91 Å². The van der Waals surface area contributed by atoms with E-state index in [1.807, 2.05) is 26.1 Å². The van der Waals surface area contributed by atoms with Crippen LogP contribution in [0.5, 0.6) is 0 Å². The summed E-state index contributed by atoms with van der Waals surface area (Å²) in [4.78, 5) is 24.0. The molecule has 1 atom stereocenters. The third-order valence-electron chi connectivity index (χ3n) is 4.14. The number of rotatable bonds is 7. The highest BCUT2D eigenvalue weighted by molar-refractivity contribution is 5.85. The molecule has 0 spiro atoms. The number of nitrogens with one attached hydrogen (secondary N) is 1. The van der Waals surface area contributed by atoms with Gasteiger partial charge in [-0.2, -0.15) is 0 Å². The minimum Gasteiger partial charge on any atom is -0.467 e. The lowest BCUT2D eigenvalue weighted by Crippen LogP contribution is -2.42. The lowest BCUT2D eigenvalue weighted by Gasteiger charge is -2.18. The Hall–Kier alpha value is -2.30. The van der Waals surface area contributed by atoms with Gasteiger partial charge in [-0.05, 0) is 37.0 Å². The molecular weight excluding hydrogens is 304 g/mol. The minimum atomic E-state index is -0.578. The van der Waals surface area contributed by atoms with Crippen LogP contribution in [-0.4, -0.2) is 29.6 Å². The standard InChI is InChI=1S/C19H26N2O3/c1-13(2)12-16(19(23)24-4)20-18(22)9-11-21-10-8-15-14(3)6-5-7-17(15)21/h5-8,10,13,16H,9,11-12H2,1-4H3,(H,20,22)/t16-/m1/s1. The van der Waals surface area contributed by atoms with Crippen LogP contribution >= 0.6 is 0 Å². The van der Waals surface area contributed by atoms with Crippen molar-refractivity contribution >= 4 is 22.8 Å². The molecule has 0 saturated carbocycles. The highest BCUT2D eigenvalue weighted by Gasteiger charge is 2.22. The van der Waals surface area contributed by atoms with Crippen molar-refractivity contribution in [3.05, 3.63) is 36.0 Å². The van der Waals surface area contributed by atoms with Crippen molar-refractivity contribution in [3.63, 3.8) is 0 Å². The highest BCUT2D eigenvalue weighted by atomic mass is 16.5. The maximum Gasteiger partial charge on any atom is 0.328 e. The number of nitrogens with zero attached hydrogens (tertiary/aromatic N) is 1. The minimum absolute atomic E-state index is 0.138. The molecule has 2 aromatic rings. The summed E-state index contributed by atoms with van der Waals surface area (Å²) < 4.78 is 6.84. The number of ether oxygens (including phenoxy) is 1. The van der Waals surface area contributed by atoms with Gasteiger partial charge in [0.15, 0.2) is 0 Å². The van der Waals surface area contributed by atoms with E-state index >= 15 is 0 Å². The molecule has 0 unspecified atom stereocenters. The van der Waals surface area contributed by atoms with Crippen LogP contribution in [0, 0.1) is 12.8 Å². The van der Waals surface area contributed by atoms with Crippen LogP contribution in [0.1, 0.15) is 32.3 Å². The number of carbonyl (C=O) groups excluding carboxylic acids is 2. The average Bonchev–Trinajstić information content (AvgIpc) is 2.95. The molecule has 24 heavy (non-hydrogen) atoms. The van der Waals surface area contributed by atoms with E-state index in [2.05, 4.69) is 35.0 Å². The van der Waals surface area contributed by atoms with Gasteiger partial charge in [-0.15, -0.1) is 0 Å². The number of aromatic nitrogens is 1. The number of esters is 1. The molecule has 2 rings (SSSR count). The summed E-state index contributed by atoms with van der Waals surface area (Å²) in [6, 6.07) is 7.64. The molecule has 1 aromatic carbocycles. The van der Waals surface area contributed by atoms with Gasteiger partial charge >= 0.3 is 5.97 Å². The number of aryl methyl sites for hydroxylation is 2. The highest BCUT2D eigenvalue weighted by Crippen LogP contribution is 2.19. The fourth-order valence-electron chi connectivity index (χ4n) is 2.89. The Balaban J connectivity index is 1.98. The van der Waals surface area contributed by atoms with E-state index in [0.29, 0.717) is 25.3 Å². The Labute approximate surface area is 143 Å². The fraction of sp³-hybridized carbons (Fsp3) is 0.474. The zero-order chi connectivity index (χ0) is 17.7. The molecule has 0 aliphatic heterocycles. The lowest BCUT2D eigenvalue weighted by molar-refractivity contribution is -0.145. The van der Waals surface area contributed by atoms with Gasteiger partial charge in [-0.3, -0.25) is 4.79 Å². The van der Waals surface area contributed by atoms with Gasteiger partial charge < -0.3 is 14.6 Å². The van der Waals surface area contributed by atoms with Crippen LogP contribution in [-0.2, 0) is 20.9 Å². The summed E-state index contributed by atoms with van der Waals surface area (Å²) in [5.41, 5.74) is 2.34. The monoisotopic (exact) mass is 330 g/mol. The van der Waals surface area contributed by atoms with Gasteiger partial charge in [0.25, 0.3) is 0 Å². The normalized spacial score (nSPS) is 12.4. The van der Waals surface area contributed by atoms with E-state index in [1.165, 1.54) is 18.1 Å². The summed E-state index contributed by atoms with van der Waals surface area (Å²) in [5, 5.41) is 3.99. The molecule has 0 bridgehead atoms. The maximum absolute atomic E-state index is 12.2. The van der Waals surface area contributed by atoms with E-state index < -0.39 is 6.04 Å². The SMILES string of the molecule is COC(=O)[C@@H](CC(C)C)NC(=O)CCn1ccc2c(C)cccc21. The predicted molar refractivity (Wildman–Crippen MR) is 94.7 cm³/mol. The molecule has 0 saturated heterocycles. The summed E-state index contributed by atoms with van der Waals surface area (Å²) >= 11 is 0. The van der Waals surface area contributed by atoms with E-state index in [9.17, 15) is 9.59 Å². The van der Waals surface area contributed by atoms with Crippen molar-refractivity contribution in [2.45, 2.75) is 46.2 Å². The largest absolute Gasteiger partial charge is 0.467 e. The summed E-state index contributed by atoms with van der Waals surface area (Å²) in [6.07, 6.45) is 2.89. The van der Waals surface area contributed by atoms with Gasteiger partial charge in [0.1, 0.15) is 6.04 Å². The zero-order valence-corrected chi connectivity index (χ0v) is 14.8. The molecule has 5 heteroatoms. The predicted octanol–water partition coefficient (Wildman–Crippen LogP) is 3.04. The summed E-state index contributed by atoms with van der Waals surface area (Å²) in [7, 11) is 1.34. The van der Waals surface area contributed by atoms with Crippen LogP contribution in [0.2, 0.25) is 0 Å². The first-order valence-corrected chi connectivity index (χ1v) is 8.34. The molecular formula is C19H26N2O3. The van der Waals surface area contributed by atoms with Gasteiger partial charge in [-0.1, -0.05) is 26.0 Å². The van der Waals surface area contributed by atoms with E-state index in [1.54, 1.807) is 0 Å². The molecule has 0 aliphatic rings. The zero-order valence-electron chi connectivity index (χ0n) is 14.8. The van der Waals surface area contributed by atoms with Crippen molar-refractivity contribution in [3.8, 4) is 0 Å². The Bertz CT molecular complexity index is 718. The maximum atomic E-state index is 12.2. The third-order valence-corrected chi connectivity index (χ3v) is 4.14. The molecule has 0 fully saturated rings. The number of benzene rings is 1. The van der Waals surface area contributed by atoms with Crippen LogP contribution in [0.15, 0.2) is 30.5 Å². The van der Waals surface area contributed by atoms with E-state index in [-0.39, 0.29) is 11.9 Å². The molecule has 1 heterocycles. The van der Waals surface area contributed by atoms with Crippen molar-refractivity contribution in [2.75, 3.05) is 7.11 Å². The number of methoxy groups -OCH3 is 1. The van der Waals surface area contributed by atoms with E-state index in [4.69, 9.17) is 4.74 Å². The first-order valence-electron chi connectivity index (χ1n) is 8.34. The Morgan fingerprint density at radius 2 is 2.00 bits per heavy atom. The number of hydrogen-bond donors (Lipinski definition) is 1. The number of carbonyl (C=O) groups is 2. The fourth-order valence-corrected chi connectivity index (χ4v) is 2.89. The Morgan fingerprint density at radius 1 is 1.25 bits per heavy atom. The molecule has 1 amide bonds. The van der Waals surface area contributed by atoms with Crippen LogP contribution in [0.3, 0.4) is 0 Å². The third kappa shape index (κ3) is 4.37. The van der Waals surface area contributed by atoms with Crippen LogP contribution in [0.25, 0.3) is 10.9 Å². The summed E-state index contributed by atoms with van der Waals surface area (Å²) in [5.74, 6) is -0.231. The Morgan fingerprint density at radius 3 is 2.67 bits per heavy atom. The number of hydrogen-bond acceptors (Lipinski definition) is 3. The smallest absolute Gasteiger partial charge is 0.328 e. The van der Waals surface area contributed by atoms with Crippen molar-refractivity contribution in [1.29, 1.82) is 0 Å². The molecule has 1 N–H and O–H groups in total. The van der Waals surface area contributed by atoms with Crippen molar-refractivity contribution in [1.82, 2.24) is 9.88 Å². The summed E-state index contributed by atoms with van der Waals surface area (Å²) in [6.45, 7) is 6.67.